The smallest absolute Gasteiger partial charge is 0.213 e. The van der Waals surface area contributed by atoms with Gasteiger partial charge in [0.25, 0.3) is 0 Å². The lowest BCUT2D eigenvalue weighted by Crippen LogP contribution is -2.31. The van der Waals surface area contributed by atoms with Gasteiger partial charge in [0.1, 0.15) is 11.3 Å². The number of imidazole rings is 1. The molecule has 0 fully saturated rings. The van der Waals surface area contributed by atoms with Crippen LogP contribution in [0.2, 0.25) is 0 Å². The van der Waals surface area contributed by atoms with Gasteiger partial charge in [-0.2, -0.15) is 0 Å². The van der Waals surface area contributed by atoms with E-state index in [9.17, 15) is 8.42 Å². The Labute approximate surface area is 137 Å². The first-order valence-electron chi connectivity index (χ1n) is 7.73. The van der Waals surface area contributed by atoms with Gasteiger partial charge in [-0.15, -0.1) is 0 Å². The fourth-order valence-electron chi connectivity index (χ4n) is 2.50. The summed E-state index contributed by atoms with van der Waals surface area (Å²) in [6, 6.07) is 0. The Kier molecular flexibility index (Phi) is 4.95. The second-order valence-corrected chi connectivity index (χ2v) is 8.38. The molecule has 2 heterocycles. The summed E-state index contributed by atoms with van der Waals surface area (Å²) in [6.07, 6.45) is 0.680. The van der Waals surface area contributed by atoms with E-state index in [1.165, 1.54) is 0 Å². The predicted molar refractivity (Wildman–Crippen MR) is 92.8 cm³/mol. The van der Waals surface area contributed by atoms with Gasteiger partial charge in [-0.1, -0.05) is 0 Å². The standard InChI is InChI=1S/C15H25N5O2S/c1-9(2)23(21,22)17-7-6-8-20-12(5)19-13-14(20)10(3)11(4)18-15(13)16/h9,17H,6-8H2,1-5H3,(H2,16,18). The third-order valence-corrected chi connectivity index (χ3v) is 5.92. The van der Waals surface area contributed by atoms with Crippen LogP contribution in [0.25, 0.3) is 11.0 Å². The van der Waals surface area contributed by atoms with Crippen molar-refractivity contribution in [2.24, 2.45) is 0 Å². The van der Waals surface area contributed by atoms with Crippen molar-refractivity contribution in [3.05, 3.63) is 17.1 Å². The van der Waals surface area contributed by atoms with Gasteiger partial charge in [-0.3, -0.25) is 0 Å². The molecule has 0 amide bonds. The second-order valence-electron chi connectivity index (χ2n) is 6.06. The maximum atomic E-state index is 11.8. The Bertz CT molecular complexity index is 824. The number of anilines is 1. The molecule has 2 aromatic heterocycles. The highest BCUT2D eigenvalue weighted by molar-refractivity contribution is 7.90. The molecule has 0 aromatic carbocycles. The van der Waals surface area contributed by atoms with Crippen molar-refractivity contribution in [2.75, 3.05) is 12.3 Å². The number of nitrogens with two attached hydrogens (primary N) is 1. The van der Waals surface area contributed by atoms with Crippen LogP contribution < -0.4 is 10.5 Å². The van der Waals surface area contributed by atoms with Gasteiger partial charge in [0.15, 0.2) is 5.82 Å². The summed E-state index contributed by atoms with van der Waals surface area (Å²) in [6.45, 7) is 10.3. The van der Waals surface area contributed by atoms with E-state index in [0.717, 1.165) is 22.6 Å². The number of hydrogen-bond donors (Lipinski definition) is 2. The quantitative estimate of drug-likeness (QED) is 0.779. The van der Waals surface area contributed by atoms with Crippen molar-refractivity contribution in [1.29, 1.82) is 0 Å². The zero-order valence-electron chi connectivity index (χ0n) is 14.3. The molecule has 0 aliphatic carbocycles. The number of aryl methyl sites for hydroxylation is 4. The summed E-state index contributed by atoms with van der Waals surface area (Å²) < 4.78 is 28.2. The van der Waals surface area contributed by atoms with Crippen LogP contribution in [0.1, 0.15) is 37.4 Å². The van der Waals surface area contributed by atoms with Gasteiger partial charge in [-0.25, -0.2) is 23.1 Å². The molecule has 0 aliphatic heterocycles. The average Bonchev–Trinajstić information content (AvgIpc) is 2.78. The molecule has 0 atom stereocenters. The minimum absolute atomic E-state index is 0.401. The highest BCUT2D eigenvalue weighted by Crippen LogP contribution is 2.25. The molecule has 128 valence electrons. The lowest BCUT2D eigenvalue weighted by molar-refractivity contribution is 0.562. The molecule has 7 nitrogen and oxygen atoms in total. The van der Waals surface area contributed by atoms with Crippen LogP contribution in [0.3, 0.4) is 0 Å². The van der Waals surface area contributed by atoms with E-state index in [0.29, 0.717) is 30.8 Å². The Morgan fingerprint density at radius 2 is 1.87 bits per heavy atom. The van der Waals surface area contributed by atoms with Crippen LogP contribution in [0.4, 0.5) is 5.82 Å². The molecule has 0 saturated carbocycles. The summed E-state index contributed by atoms with van der Waals surface area (Å²) >= 11 is 0. The maximum absolute atomic E-state index is 11.8. The van der Waals surface area contributed by atoms with E-state index in [4.69, 9.17) is 5.73 Å². The van der Waals surface area contributed by atoms with E-state index in [-0.39, 0.29) is 0 Å². The molecule has 2 rings (SSSR count). The third-order valence-electron chi connectivity index (χ3n) is 4.07. The summed E-state index contributed by atoms with van der Waals surface area (Å²) in [5.41, 5.74) is 9.62. The number of rotatable bonds is 6. The monoisotopic (exact) mass is 339 g/mol. The van der Waals surface area contributed by atoms with Crippen molar-refractivity contribution >= 4 is 26.9 Å². The van der Waals surface area contributed by atoms with E-state index in [2.05, 4.69) is 19.3 Å². The Balaban J connectivity index is 2.20. The minimum Gasteiger partial charge on any atom is -0.382 e. The van der Waals surface area contributed by atoms with Gasteiger partial charge in [0.05, 0.1) is 10.8 Å². The van der Waals surface area contributed by atoms with Gasteiger partial charge in [-0.05, 0) is 46.6 Å². The zero-order chi connectivity index (χ0) is 17.4. The zero-order valence-corrected chi connectivity index (χ0v) is 15.2. The molecular formula is C15H25N5O2S. The second kappa shape index (κ2) is 6.45. The van der Waals surface area contributed by atoms with Crippen molar-refractivity contribution in [1.82, 2.24) is 19.3 Å². The lowest BCUT2D eigenvalue weighted by atomic mass is 10.2. The SMILES string of the molecule is Cc1nc(N)c2nc(C)n(CCCNS(=O)(=O)C(C)C)c2c1C. The summed E-state index contributed by atoms with van der Waals surface area (Å²) in [4.78, 5) is 8.82. The third kappa shape index (κ3) is 3.48. The highest BCUT2D eigenvalue weighted by atomic mass is 32.2. The van der Waals surface area contributed by atoms with Crippen molar-refractivity contribution in [3.63, 3.8) is 0 Å². The molecule has 8 heteroatoms. The van der Waals surface area contributed by atoms with Gasteiger partial charge < -0.3 is 10.3 Å². The molecule has 3 N–H and O–H groups in total. The van der Waals surface area contributed by atoms with Crippen LogP contribution in [-0.2, 0) is 16.6 Å². The number of nitrogens with zero attached hydrogens (tertiary/aromatic N) is 3. The number of fused-ring (bicyclic) bond motifs is 1. The predicted octanol–water partition coefficient (Wildman–Crippen LogP) is 1.66. The Morgan fingerprint density at radius 3 is 2.48 bits per heavy atom. The van der Waals surface area contributed by atoms with Crippen molar-refractivity contribution in [3.8, 4) is 0 Å². The topological polar surface area (TPSA) is 103 Å². The van der Waals surface area contributed by atoms with Crippen LogP contribution in [-0.4, -0.2) is 34.7 Å². The van der Waals surface area contributed by atoms with Crippen LogP contribution in [0.15, 0.2) is 0 Å². The summed E-state index contributed by atoms with van der Waals surface area (Å²) in [5.74, 6) is 1.29. The highest BCUT2D eigenvalue weighted by Gasteiger charge is 2.17. The number of nitrogens with one attached hydrogen (secondary N) is 1. The van der Waals surface area contributed by atoms with E-state index in [1.54, 1.807) is 13.8 Å². The number of sulfonamides is 1. The van der Waals surface area contributed by atoms with E-state index < -0.39 is 15.3 Å². The largest absolute Gasteiger partial charge is 0.382 e. The van der Waals surface area contributed by atoms with Gasteiger partial charge in [0.2, 0.25) is 10.0 Å². The molecule has 0 aliphatic rings. The van der Waals surface area contributed by atoms with Crippen LogP contribution >= 0.6 is 0 Å². The lowest BCUT2D eigenvalue weighted by Gasteiger charge is -2.12. The fourth-order valence-corrected chi connectivity index (χ4v) is 3.27. The first-order valence-corrected chi connectivity index (χ1v) is 9.27. The van der Waals surface area contributed by atoms with Crippen LogP contribution in [0, 0.1) is 20.8 Å². The molecule has 0 spiro atoms. The first-order chi connectivity index (χ1) is 10.6. The summed E-state index contributed by atoms with van der Waals surface area (Å²) in [7, 11) is -3.22. The molecule has 0 radical (unpaired) electrons. The normalized spacial score (nSPS) is 12.4. The molecule has 0 saturated heterocycles. The van der Waals surface area contributed by atoms with Gasteiger partial charge >= 0.3 is 0 Å². The minimum atomic E-state index is -3.22. The molecule has 0 bridgehead atoms. The number of nitrogen functional groups attached to an aromatic ring is 1. The summed E-state index contributed by atoms with van der Waals surface area (Å²) in [5, 5.41) is -0.422. The van der Waals surface area contributed by atoms with Gasteiger partial charge in [0, 0.05) is 18.8 Å². The maximum Gasteiger partial charge on any atom is 0.213 e. The van der Waals surface area contributed by atoms with E-state index >= 15 is 0 Å². The Morgan fingerprint density at radius 1 is 1.22 bits per heavy atom. The van der Waals surface area contributed by atoms with Crippen molar-refractivity contribution < 1.29 is 8.42 Å². The number of aromatic nitrogens is 3. The molecule has 23 heavy (non-hydrogen) atoms. The molecule has 0 unspecified atom stereocenters. The van der Waals surface area contributed by atoms with Crippen molar-refractivity contribution in [2.45, 2.75) is 52.8 Å². The molecule has 2 aromatic rings. The first kappa shape index (κ1) is 17.7. The number of hydrogen-bond acceptors (Lipinski definition) is 5. The number of pyridine rings is 1. The Hall–Kier alpha value is -1.67. The fraction of sp³-hybridized carbons (Fsp3) is 0.600. The van der Waals surface area contributed by atoms with E-state index in [1.807, 2.05) is 20.8 Å². The van der Waals surface area contributed by atoms with Crippen LogP contribution in [0.5, 0.6) is 0 Å². The molecular weight excluding hydrogens is 314 g/mol. The average molecular weight is 339 g/mol.